The van der Waals surface area contributed by atoms with Crippen molar-refractivity contribution in [3.63, 3.8) is 0 Å². The Balaban J connectivity index is 1.66. The highest BCUT2D eigenvalue weighted by Gasteiger charge is 2.52. The zero-order chi connectivity index (χ0) is 13.8. The highest BCUT2D eigenvalue weighted by molar-refractivity contribution is 8.21. The standard InChI is InChI=1S/C17H26OS2/c1-16-7-2-3-15(18)14(16)5-4-12-11-17(8-6-13(12)16)19-9-10-20-17/h11,13-15,18H,2-10H2,1H3. The molecule has 3 aliphatic carbocycles. The van der Waals surface area contributed by atoms with Gasteiger partial charge in [0.05, 0.1) is 10.2 Å². The molecule has 112 valence electrons. The highest BCUT2D eigenvalue weighted by atomic mass is 32.2. The SMILES string of the molecule is CC12CCCC(O)C1CCC1=CC3(CCC12)SCCS3. The molecule has 1 nitrogen and oxygen atoms in total. The Hall–Kier alpha value is 0.400. The third kappa shape index (κ3) is 2.03. The van der Waals surface area contributed by atoms with E-state index >= 15 is 0 Å². The molecule has 20 heavy (non-hydrogen) atoms. The van der Waals surface area contributed by atoms with E-state index in [-0.39, 0.29) is 6.10 Å². The van der Waals surface area contributed by atoms with Crippen LogP contribution in [-0.2, 0) is 0 Å². The summed E-state index contributed by atoms with van der Waals surface area (Å²) in [5.74, 6) is 4.00. The van der Waals surface area contributed by atoms with E-state index in [1.54, 1.807) is 5.57 Å². The minimum absolute atomic E-state index is 0.0265. The molecule has 0 aromatic carbocycles. The lowest BCUT2D eigenvalue weighted by Crippen LogP contribution is -2.49. The number of aliphatic hydroxyl groups is 1. The monoisotopic (exact) mass is 310 g/mol. The van der Waals surface area contributed by atoms with E-state index in [1.807, 2.05) is 0 Å². The number of fused-ring (bicyclic) bond motifs is 3. The number of hydrogen-bond donors (Lipinski definition) is 1. The number of rotatable bonds is 0. The molecule has 1 saturated heterocycles. The lowest BCUT2D eigenvalue weighted by molar-refractivity contribution is -0.0638. The van der Waals surface area contributed by atoms with E-state index in [9.17, 15) is 5.11 Å². The molecule has 3 heteroatoms. The van der Waals surface area contributed by atoms with Crippen LogP contribution in [0.25, 0.3) is 0 Å². The fourth-order valence-electron chi connectivity index (χ4n) is 5.48. The topological polar surface area (TPSA) is 20.2 Å². The van der Waals surface area contributed by atoms with Crippen molar-refractivity contribution in [3.05, 3.63) is 11.6 Å². The van der Waals surface area contributed by atoms with Crippen LogP contribution in [0.5, 0.6) is 0 Å². The molecule has 2 saturated carbocycles. The molecule has 0 aromatic heterocycles. The molecule has 4 aliphatic rings. The van der Waals surface area contributed by atoms with E-state index in [0.29, 0.717) is 15.4 Å². The van der Waals surface area contributed by atoms with Crippen LogP contribution in [0.15, 0.2) is 11.6 Å². The Labute approximate surface area is 131 Å². The van der Waals surface area contributed by atoms with Crippen molar-refractivity contribution in [1.82, 2.24) is 0 Å². The molecule has 0 bridgehead atoms. The van der Waals surface area contributed by atoms with Crippen LogP contribution < -0.4 is 0 Å². The van der Waals surface area contributed by atoms with Crippen molar-refractivity contribution in [2.75, 3.05) is 11.5 Å². The van der Waals surface area contributed by atoms with Crippen molar-refractivity contribution in [2.45, 2.75) is 62.1 Å². The summed E-state index contributed by atoms with van der Waals surface area (Å²) in [7, 11) is 0. The summed E-state index contributed by atoms with van der Waals surface area (Å²) in [6, 6.07) is 0. The van der Waals surface area contributed by atoms with Gasteiger partial charge in [0.25, 0.3) is 0 Å². The smallest absolute Gasteiger partial charge is 0.0794 e. The molecule has 1 aliphatic heterocycles. The maximum Gasteiger partial charge on any atom is 0.0794 e. The van der Waals surface area contributed by atoms with Gasteiger partial charge in [0.2, 0.25) is 0 Å². The van der Waals surface area contributed by atoms with Gasteiger partial charge in [0.1, 0.15) is 0 Å². The Bertz CT molecular complexity index is 427. The van der Waals surface area contributed by atoms with E-state index in [0.717, 1.165) is 12.3 Å². The zero-order valence-electron chi connectivity index (χ0n) is 12.4. The Morgan fingerprint density at radius 3 is 2.75 bits per heavy atom. The molecule has 1 N–H and O–H groups in total. The zero-order valence-corrected chi connectivity index (χ0v) is 14.1. The van der Waals surface area contributed by atoms with E-state index in [1.165, 1.54) is 50.0 Å². The summed E-state index contributed by atoms with van der Waals surface area (Å²) in [6.07, 6.45) is 11.5. The average molecular weight is 311 g/mol. The summed E-state index contributed by atoms with van der Waals surface area (Å²) in [6.45, 7) is 2.49. The fraction of sp³-hybridized carbons (Fsp3) is 0.882. The maximum absolute atomic E-state index is 10.4. The van der Waals surface area contributed by atoms with Crippen LogP contribution in [0.2, 0.25) is 0 Å². The number of thioether (sulfide) groups is 2. The van der Waals surface area contributed by atoms with Crippen LogP contribution in [0.1, 0.15) is 51.9 Å². The first-order valence-electron chi connectivity index (χ1n) is 8.31. The lowest BCUT2D eigenvalue weighted by Gasteiger charge is -2.55. The number of aliphatic hydroxyl groups excluding tert-OH is 1. The molecule has 0 amide bonds. The van der Waals surface area contributed by atoms with Gasteiger partial charge in [-0.25, -0.2) is 0 Å². The first-order chi connectivity index (χ1) is 9.63. The predicted molar refractivity (Wildman–Crippen MR) is 89.1 cm³/mol. The van der Waals surface area contributed by atoms with Crippen molar-refractivity contribution in [1.29, 1.82) is 0 Å². The van der Waals surface area contributed by atoms with Gasteiger partial charge in [-0.1, -0.05) is 25.0 Å². The third-order valence-electron chi connectivity index (χ3n) is 6.48. The van der Waals surface area contributed by atoms with E-state index in [4.69, 9.17) is 0 Å². The molecule has 1 heterocycles. The van der Waals surface area contributed by atoms with Crippen molar-refractivity contribution >= 4 is 23.5 Å². The summed E-state index contributed by atoms with van der Waals surface area (Å²) in [4.78, 5) is 0. The lowest BCUT2D eigenvalue weighted by atomic mass is 9.51. The molecular formula is C17H26OS2. The minimum atomic E-state index is -0.0265. The third-order valence-corrected chi connectivity index (χ3v) is 9.88. The number of hydrogen-bond acceptors (Lipinski definition) is 3. The highest BCUT2D eigenvalue weighted by Crippen LogP contribution is 2.61. The van der Waals surface area contributed by atoms with Crippen LogP contribution in [0, 0.1) is 17.3 Å². The second-order valence-corrected chi connectivity index (χ2v) is 10.5. The van der Waals surface area contributed by atoms with Crippen LogP contribution in [0.4, 0.5) is 0 Å². The van der Waals surface area contributed by atoms with Crippen molar-refractivity contribution in [3.8, 4) is 0 Å². The van der Waals surface area contributed by atoms with Crippen LogP contribution in [0.3, 0.4) is 0 Å². The van der Waals surface area contributed by atoms with Gasteiger partial charge in [-0.3, -0.25) is 0 Å². The van der Waals surface area contributed by atoms with Crippen LogP contribution >= 0.6 is 23.5 Å². The number of allylic oxidation sites excluding steroid dienone is 1. The Morgan fingerprint density at radius 2 is 1.95 bits per heavy atom. The van der Waals surface area contributed by atoms with Gasteiger partial charge in [0, 0.05) is 11.5 Å². The summed E-state index contributed by atoms with van der Waals surface area (Å²) < 4.78 is 0.433. The quantitative estimate of drug-likeness (QED) is 0.667. The molecule has 0 aromatic rings. The molecule has 4 unspecified atom stereocenters. The minimum Gasteiger partial charge on any atom is -0.393 e. The summed E-state index contributed by atoms with van der Waals surface area (Å²) in [5.41, 5.74) is 2.14. The molecule has 0 radical (unpaired) electrons. The maximum atomic E-state index is 10.4. The van der Waals surface area contributed by atoms with Gasteiger partial charge >= 0.3 is 0 Å². The first-order valence-corrected chi connectivity index (χ1v) is 10.3. The Kier molecular flexibility index (Phi) is 3.48. The van der Waals surface area contributed by atoms with Gasteiger partial charge in [-0.15, -0.1) is 23.5 Å². The van der Waals surface area contributed by atoms with Gasteiger partial charge < -0.3 is 5.11 Å². The second-order valence-electron chi connectivity index (χ2n) is 7.43. The average Bonchev–Trinajstić information content (AvgIpc) is 2.86. The Morgan fingerprint density at radius 1 is 1.15 bits per heavy atom. The molecule has 4 rings (SSSR count). The second kappa shape index (κ2) is 4.96. The molecule has 3 fully saturated rings. The van der Waals surface area contributed by atoms with Gasteiger partial charge in [0.15, 0.2) is 0 Å². The summed E-state index contributed by atoms with van der Waals surface area (Å²) >= 11 is 4.37. The largest absolute Gasteiger partial charge is 0.393 e. The fourth-order valence-corrected chi connectivity index (χ4v) is 8.66. The van der Waals surface area contributed by atoms with Crippen LogP contribution in [-0.4, -0.2) is 26.8 Å². The predicted octanol–water partition coefficient (Wildman–Crippen LogP) is 4.46. The first kappa shape index (κ1) is 14.0. The van der Waals surface area contributed by atoms with Gasteiger partial charge in [-0.2, -0.15) is 0 Å². The summed E-state index contributed by atoms with van der Waals surface area (Å²) in [5, 5.41) is 10.4. The van der Waals surface area contributed by atoms with Crippen molar-refractivity contribution in [2.24, 2.45) is 17.3 Å². The van der Waals surface area contributed by atoms with Gasteiger partial charge in [-0.05, 0) is 55.8 Å². The molecule has 4 atom stereocenters. The molecule has 1 spiro atoms. The van der Waals surface area contributed by atoms with E-state index in [2.05, 4.69) is 36.5 Å². The molecular weight excluding hydrogens is 284 g/mol. The van der Waals surface area contributed by atoms with Crippen molar-refractivity contribution < 1.29 is 5.11 Å². The van der Waals surface area contributed by atoms with E-state index < -0.39 is 0 Å². The normalized spacial score (nSPS) is 46.7.